The fourth-order valence-electron chi connectivity index (χ4n) is 3.74. The van der Waals surface area contributed by atoms with Gasteiger partial charge in [0.05, 0.1) is 0 Å². The second-order valence-corrected chi connectivity index (χ2v) is 8.86. The standard InChI is InChI=1S/C29H28/c1-21-8-5-9-23(18-21)25-11-7-13-27(20-25)26-12-6-10-24(19-26)22-14-16-28(17-15-22)29(2,3)4/h5-20H,1-4H3. The predicted molar refractivity (Wildman–Crippen MR) is 126 cm³/mol. The van der Waals surface area contributed by atoms with Gasteiger partial charge in [0, 0.05) is 0 Å². The molecule has 0 nitrogen and oxygen atoms in total. The summed E-state index contributed by atoms with van der Waals surface area (Å²) in [5, 5.41) is 0. The van der Waals surface area contributed by atoms with Crippen LogP contribution in [0.3, 0.4) is 0 Å². The number of aryl methyl sites for hydroxylation is 1. The molecule has 0 amide bonds. The van der Waals surface area contributed by atoms with E-state index in [2.05, 4.69) is 125 Å². The fraction of sp³-hybridized carbons (Fsp3) is 0.172. The SMILES string of the molecule is Cc1cccc(-c2cccc(-c3cccc(-c4ccc(C(C)(C)C)cc4)c3)c2)c1. The Hall–Kier alpha value is -3.12. The first-order valence-electron chi connectivity index (χ1n) is 10.3. The molecule has 0 aromatic heterocycles. The van der Waals surface area contributed by atoms with E-state index < -0.39 is 0 Å². The molecule has 4 aromatic carbocycles. The summed E-state index contributed by atoms with van der Waals surface area (Å²) in [6, 6.07) is 35.3. The van der Waals surface area contributed by atoms with E-state index in [0.717, 1.165) is 0 Å². The average Bonchev–Trinajstić information content (AvgIpc) is 2.73. The van der Waals surface area contributed by atoms with Gasteiger partial charge in [-0.05, 0) is 63.4 Å². The van der Waals surface area contributed by atoms with Crippen LogP contribution in [0.15, 0.2) is 97.1 Å². The van der Waals surface area contributed by atoms with Gasteiger partial charge in [0.1, 0.15) is 0 Å². The maximum atomic E-state index is 2.29. The fourth-order valence-corrected chi connectivity index (χ4v) is 3.74. The van der Waals surface area contributed by atoms with Crippen molar-refractivity contribution < 1.29 is 0 Å². The Bertz CT molecular complexity index is 1130. The van der Waals surface area contributed by atoms with Crippen molar-refractivity contribution in [2.45, 2.75) is 33.1 Å². The first-order chi connectivity index (χ1) is 13.9. The van der Waals surface area contributed by atoms with Gasteiger partial charge < -0.3 is 0 Å². The Morgan fingerprint density at radius 1 is 0.448 bits per heavy atom. The van der Waals surface area contributed by atoms with Crippen molar-refractivity contribution in [3.05, 3.63) is 108 Å². The first kappa shape index (κ1) is 19.2. The van der Waals surface area contributed by atoms with Crippen LogP contribution < -0.4 is 0 Å². The average molecular weight is 377 g/mol. The van der Waals surface area contributed by atoms with E-state index in [0.29, 0.717) is 0 Å². The normalized spacial score (nSPS) is 11.4. The van der Waals surface area contributed by atoms with Crippen molar-refractivity contribution in [2.75, 3.05) is 0 Å². The molecule has 0 N–H and O–H groups in total. The third-order valence-electron chi connectivity index (χ3n) is 5.49. The van der Waals surface area contributed by atoms with Gasteiger partial charge in [-0.25, -0.2) is 0 Å². The largest absolute Gasteiger partial charge is 0.0614 e. The minimum Gasteiger partial charge on any atom is -0.0614 e. The van der Waals surface area contributed by atoms with Gasteiger partial charge in [-0.1, -0.05) is 111 Å². The Labute approximate surface area is 174 Å². The lowest BCUT2D eigenvalue weighted by Crippen LogP contribution is -2.10. The molecule has 0 aliphatic heterocycles. The van der Waals surface area contributed by atoms with Crippen molar-refractivity contribution in [2.24, 2.45) is 0 Å². The van der Waals surface area contributed by atoms with Crippen molar-refractivity contribution >= 4 is 0 Å². The quantitative estimate of drug-likeness (QED) is 0.337. The lowest BCUT2D eigenvalue weighted by molar-refractivity contribution is 0.590. The summed E-state index contributed by atoms with van der Waals surface area (Å²) in [4.78, 5) is 0. The first-order valence-corrected chi connectivity index (χ1v) is 10.3. The lowest BCUT2D eigenvalue weighted by atomic mass is 9.86. The van der Waals surface area contributed by atoms with Crippen LogP contribution in [0.2, 0.25) is 0 Å². The minimum absolute atomic E-state index is 0.177. The summed E-state index contributed by atoms with van der Waals surface area (Å²) in [6.07, 6.45) is 0. The molecule has 0 aliphatic carbocycles. The Kier molecular flexibility index (Phi) is 5.11. The Morgan fingerprint density at radius 2 is 0.862 bits per heavy atom. The monoisotopic (exact) mass is 376 g/mol. The molecule has 0 atom stereocenters. The number of hydrogen-bond donors (Lipinski definition) is 0. The van der Waals surface area contributed by atoms with Crippen LogP contribution >= 0.6 is 0 Å². The third kappa shape index (κ3) is 4.32. The van der Waals surface area contributed by atoms with E-state index in [1.807, 2.05) is 0 Å². The third-order valence-corrected chi connectivity index (χ3v) is 5.49. The molecule has 29 heavy (non-hydrogen) atoms. The van der Waals surface area contributed by atoms with Gasteiger partial charge in [-0.3, -0.25) is 0 Å². The predicted octanol–water partition coefficient (Wildman–Crippen LogP) is 8.29. The Morgan fingerprint density at radius 3 is 1.31 bits per heavy atom. The maximum Gasteiger partial charge on any atom is -0.0132 e. The highest BCUT2D eigenvalue weighted by atomic mass is 14.2. The van der Waals surface area contributed by atoms with Crippen molar-refractivity contribution in [1.29, 1.82) is 0 Å². The van der Waals surface area contributed by atoms with E-state index in [-0.39, 0.29) is 5.41 Å². The van der Waals surface area contributed by atoms with E-state index in [1.165, 1.54) is 44.5 Å². The summed E-state index contributed by atoms with van der Waals surface area (Å²) in [6.45, 7) is 8.90. The number of rotatable bonds is 3. The van der Waals surface area contributed by atoms with Crippen LogP contribution in [0.5, 0.6) is 0 Å². The highest BCUT2D eigenvalue weighted by molar-refractivity contribution is 5.77. The summed E-state index contributed by atoms with van der Waals surface area (Å²) in [5.41, 5.74) is 10.4. The molecule has 0 bridgehead atoms. The van der Waals surface area contributed by atoms with Crippen molar-refractivity contribution in [3.63, 3.8) is 0 Å². The topological polar surface area (TPSA) is 0 Å². The summed E-state index contributed by atoms with van der Waals surface area (Å²) in [7, 11) is 0. The van der Waals surface area contributed by atoms with Gasteiger partial charge in [0.2, 0.25) is 0 Å². The summed E-state index contributed by atoms with van der Waals surface area (Å²) in [5.74, 6) is 0. The van der Waals surface area contributed by atoms with Crippen molar-refractivity contribution in [1.82, 2.24) is 0 Å². The van der Waals surface area contributed by atoms with Crippen LogP contribution in [0, 0.1) is 6.92 Å². The summed E-state index contributed by atoms with van der Waals surface area (Å²) < 4.78 is 0. The number of hydrogen-bond acceptors (Lipinski definition) is 0. The molecule has 4 rings (SSSR count). The molecule has 0 unspecified atom stereocenters. The molecule has 0 heteroatoms. The van der Waals surface area contributed by atoms with E-state index in [1.54, 1.807) is 0 Å². The molecule has 0 radical (unpaired) electrons. The van der Waals surface area contributed by atoms with Crippen LogP contribution in [-0.2, 0) is 5.41 Å². The number of benzene rings is 4. The molecular formula is C29H28. The van der Waals surface area contributed by atoms with Gasteiger partial charge >= 0.3 is 0 Å². The van der Waals surface area contributed by atoms with Crippen LogP contribution in [0.4, 0.5) is 0 Å². The van der Waals surface area contributed by atoms with Gasteiger partial charge in [0.25, 0.3) is 0 Å². The zero-order valence-corrected chi connectivity index (χ0v) is 17.7. The van der Waals surface area contributed by atoms with Gasteiger partial charge in [0.15, 0.2) is 0 Å². The zero-order valence-electron chi connectivity index (χ0n) is 17.7. The lowest BCUT2D eigenvalue weighted by Gasteiger charge is -2.19. The highest BCUT2D eigenvalue weighted by Gasteiger charge is 2.13. The van der Waals surface area contributed by atoms with Crippen LogP contribution in [0.25, 0.3) is 33.4 Å². The van der Waals surface area contributed by atoms with E-state index >= 15 is 0 Å². The smallest absolute Gasteiger partial charge is 0.0132 e. The van der Waals surface area contributed by atoms with Crippen LogP contribution in [0.1, 0.15) is 31.9 Å². The van der Waals surface area contributed by atoms with Crippen LogP contribution in [-0.4, -0.2) is 0 Å². The molecule has 0 fully saturated rings. The summed E-state index contributed by atoms with van der Waals surface area (Å²) >= 11 is 0. The minimum atomic E-state index is 0.177. The molecule has 0 spiro atoms. The molecule has 0 saturated heterocycles. The van der Waals surface area contributed by atoms with Gasteiger partial charge in [-0.15, -0.1) is 0 Å². The Balaban J connectivity index is 1.68. The molecule has 4 aromatic rings. The van der Waals surface area contributed by atoms with Crippen molar-refractivity contribution in [3.8, 4) is 33.4 Å². The van der Waals surface area contributed by atoms with E-state index in [4.69, 9.17) is 0 Å². The van der Waals surface area contributed by atoms with Gasteiger partial charge in [-0.2, -0.15) is 0 Å². The second-order valence-electron chi connectivity index (χ2n) is 8.86. The molecule has 0 saturated carbocycles. The maximum absolute atomic E-state index is 2.29. The molecule has 144 valence electrons. The molecule has 0 heterocycles. The zero-order chi connectivity index (χ0) is 20.4. The second kappa shape index (κ2) is 7.72. The van der Waals surface area contributed by atoms with E-state index in [9.17, 15) is 0 Å². The highest BCUT2D eigenvalue weighted by Crippen LogP contribution is 2.31. The molecule has 0 aliphatic rings. The molecular weight excluding hydrogens is 348 g/mol.